The van der Waals surface area contributed by atoms with Crippen molar-refractivity contribution >= 4 is 6.09 Å². The summed E-state index contributed by atoms with van der Waals surface area (Å²) < 4.78 is 30.8. The molecule has 6 heteroatoms. The van der Waals surface area contributed by atoms with Gasteiger partial charge in [0.15, 0.2) is 0 Å². The van der Waals surface area contributed by atoms with Crippen LogP contribution in [0.4, 0.5) is 13.6 Å². The largest absolute Gasteiger partial charge is 0.445 e. The number of rotatable bonds is 6. The molecule has 0 bridgehead atoms. The van der Waals surface area contributed by atoms with Crippen LogP contribution in [0, 0.1) is 0 Å². The zero-order valence-electron chi connectivity index (χ0n) is 11.5. The fraction of sp³-hybridized carbons (Fsp3) is 0.500. The summed E-state index contributed by atoms with van der Waals surface area (Å²) in [4.78, 5) is 11.5. The summed E-state index contributed by atoms with van der Waals surface area (Å²) in [6.07, 6.45) is -2.57. The van der Waals surface area contributed by atoms with Crippen LogP contribution in [-0.2, 0) is 11.3 Å². The monoisotopic (exact) mass is 287 g/mol. The molecule has 0 saturated heterocycles. The summed E-state index contributed by atoms with van der Waals surface area (Å²) >= 11 is 0. The molecule has 1 aromatic carbocycles. The lowest BCUT2D eigenvalue weighted by Gasteiger charge is -2.24. The van der Waals surface area contributed by atoms with Gasteiger partial charge in [-0.3, -0.25) is 0 Å². The van der Waals surface area contributed by atoms with E-state index in [1.165, 1.54) is 6.92 Å². The van der Waals surface area contributed by atoms with E-state index in [1.54, 1.807) is 24.3 Å². The molecule has 1 amide bonds. The first kappa shape index (κ1) is 16.4. The molecule has 0 aromatic heterocycles. The van der Waals surface area contributed by atoms with Gasteiger partial charge < -0.3 is 15.2 Å². The lowest BCUT2D eigenvalue weighted by atomic mass is 10.1. The van der Waals surface area contributed by atoms with Crippen molar-refractivity contribution in [3.63, 3.8) is 0 Å². The van der Waals surface area contributed by atoms with Gasteiger partial charge in [0.1, 0.15) is 6.61 Å². The van der Waals surface area contributed by atoms with Crippen LogP contribution in [-0.4, -0.2) is 29.3 Å². The average Bonchev–Trinajstić information content (AvgIpc) is 2.35. The Kier molecular flexibility index (Phi) is 5.88. The highest BCUT2D eigenvalue weighted by atomic mass is 19.3. The van der Waals surface area contributed by atoms with E-state index in [0.717, 1.165) is 12.5 Å². The third kappa shape index (κ3) is 6.47. The van der Waals surface area contributed by atoms with Crippen LogP contribution in [0.25, 0.3) is 0 Å². The van der Waals surface area contributed by atoms with Gasteiger partial charge in [0.2, 0.25) is 5.92 Å². The Labute approximate surface area is 116 Å². The third-order valence-electron chi connectivity index (χ3n) is 2.68. The van der Waals surface area contributed by atoms with Gasteiger partial charge in [-0.2, -0.15) is 0 Å². The van der Waals surface area contributed by atoms with Crippen LogP contribution in [0.1, 0.15) is 25.8 Å². The lowest BCUT2D eigenvalue weighted by Crippen LogP contribution is -2.45. The summed E-state index contributed by atoms with van der Waals surface area (Å²) in [5.41, 5.74) is 0.789. The smallest absolute Gasteiger partial charge is 0.407 e. The molecule has 2 atom stereocenters. The molecule has 20 heavy (non-hydrogen) atoms. The number of nitrogens with one attached hydrogen (secondary N) is 1. The highest BCUT2D eigenvalue weighted by molar-refractivity contribution is 5.67. The van der Waals surface area contributed by atoms with Crippen LogP contribution in [0.3, 0.4) is 0 Å². The van der Waals surface area contributed by atoms with E-state index in [2.05, 4.69) is 5.32 Å². The van der Waals surface area contributed by atoms with Gasteiger partial charge in [-0.05, 0) is 19.4 Å². The minimum absolute atomic E-state index is 0.0434. The quantitative estimate of drug-likeness (QED) is 0.845. The molecule has 1 aromatic rings. The van der Waals surface area contributed by atoms with Crippen molar-refractivity contribution in [1.29, 1.82) is 0 Å². The first-order valence-corrected chi connectivity index (χ1v) is 6.31. The maximum absolute atomic E-state index is 12.9. The van der Waals surface area contributed by atoms with E-state index in [9.17, 15) is 18.7 Å². The molecule has 2 N–H and O–H groups in total. The second-order valence-corrected chi connectivity index (χ2v) is 4.83. The van der Waals surface area contributed by atoms with Crippen LogP contribution < -0.4 is 5.32 Å². The molecule has 0 aliphatic rings. The predicted octanol–water partition coefficient (Wildman–Crippen LogP) is 2.71. The van der Waals surface area contributed by atoms with Gasteiger partial charge in [-0.1, -0.05) is 30.3 Å². The van der Waals surface area contributed by atoms with E-state index in [4.69, 9.17) is 4.74 Å². The molecule has 0 fully saturated rings. The Morgan fingerprint density at radius 1 is 1.40 bits per heavy atom. The van der Waals surface area contributed by atoms with Gasteiger partial charge in [0, 0.05) is 6.42 Å². The van der Waals surface area contributed by atoms with Crippen molar-refractivity contribution in [2.75, 3.05) is 0 Å². The zero-order valence-corrected chi connectivity index (χ0v) is 11.5. The fourth-order valence-corrected chi connectivity index (χ4v) is 1.64. The number of carbonyl (C=O) groups excluding carboxylic acids is 1. The molecule has 1 rings (SSSR count). The second kappa shape index (κ2) is 7.19. The van der Waals surface area contributed by atoms with Crippen LogP contribution >= 0.6 is 0 Å². The number of alkyl halides is 2. The van der Waals surface area contributed by atoms with Crippen molar-refractivity contribution in [3.8, 4) is 0 Å². The van der Waals surface area contributed by atoms with Gasteiger partial charge in [-0.25, -0.2) is 13.6 Å². The molecular formula is C14H19F2NO3. The molecule has 0 radical (unpaired) electrons. The van der Waals surface area contributed by atoms with Crippen LogP contribution in [0.5, 0.6) is 0 Å². The summed E-state index contributed by atoms with van der Waals surface area (Å²) in [6, 6.07) is 7.92. The summed E-state index contributed by atoms with van der Waals surface area (Å²) in [7, 11) is 0. The molecule has 0 spiro atoms. The Bertz CT molecular complexity index is 418. The average molecular weight is 287 g/mol. The Hall–Kier alpha value is -1.69. The molecule has 0 aliphatic carbocycles. The lowest BCUT2D eigenvalue weighted by molar-refractivity contribution is -0.0142. The SMILES string of the molecule is CC(O)C(CC(C)(F)F)NC(=O)OCc1ccccc1. The number of carbonyl (C=O) groups is 1. The normalized spacial score (nSPS) is 14.4. The first-order chi connectivity index (χ1) is 9.28. The second-order valence-electron chi connectivity index (χ2n) is 4.83. The van der Waals surface area contributed by atoms with Gasteiger partial charge in [0.25, 0.3) is 0 Å². The molecule has 2 unspecified atom stereocenters. The number of amides is 1. The van der Waals surface area contributed by atoms with E-state index in [0.29, 0.717) is 0 Å². The standard InChI is InChI=1S/C14H19F2NO3/c1-10(18)12(8-14(2,15)16)17-13(19)20-9-11-6-4-3-5-7-11/h3-7,10,12,18H,8-9H2,1-2H3,(H,17,19). The van der Waals surface area contributed by atoms with Gasteiger partial charge in [-0.15, -0.1) is 0 Å². The van der Waals surface area contributed by atoms with Crippen molar-refractivity contribution < 1.29 is 23.4 Å². The summed E-state index contributed by atoms with van der Waals surface area (Å²) in [6.45, 7) is 2.12. The van der Waals surface area contributed by atoms with Crippen molar-refractivity contribution in [2.45, 2.75) is 44.9 Å². The molecular weight excluding hydrogens is 268 g/mol. The number of alkyl carbamates (subject to hydrolysis) is 1. The summed E-state index contributed by atoms with van der Waals surface area (Å²) in [5.74, 6) is -2.98. The minimum atomic E-state index is -2.98. The number of hydrogen-bond acceptors (Lipinski definition) is 3. The summed E-state index contributed by atoms with van der Waals surface area (Å²) in [5, 5.41) is 11.7. The van der Waals surface area contributed by atoms with Crippen LogP contribution in [0.2, 0.25) is 0 Å². The van der Waals surface area contributed by atoms with Crippen molar-refractivity contribution in [3.05, 3.63) is 35.9 Å². The van der Waals surface area contributed by atoms with Gasteiger partial charge >= 0.3 is 6.09 Å². The molecule has 4 nitrogen and oxygen atoms in total. The van der Waals surface area contributed by atoms with E-state index in [-0.39, 0.29) is 6.61 Å². The Balaban J connectivity index is 2.46. The van der Waals surface area contributed by atoms with E-state index in [1.807, 2.05) is 6.07 Å². The molecule has 112 valence electrons. The molecule has 0 heterocycles. The number of aliphatic hydroxyl groups is 1. The number of benzene rings is 1. The number of ether oxygens (including phenoxy) is 1. The number of hydrogen-bond donors (Lipinski definition) is 2. The van der Waals surface area contributed by atoms with Crippen molar-refractivity contribution in [1.82, 2.24) is 5.32 Å². The highest BCUT2D eigenvalue weighted by Crippen LogP contribution is 2.20. The van der Waals surface area contributed by atoms with Gasteiger partial charge in [0.05, 0.1) is 12.1 Å². The fourth-order valence-electron chi connectivity index (χ4n) is 1.64. The number of halogens is 2. The van der Waals surface area contributed by atoms with Crippen LogP contribution in [0.15, 0.2) is 30.3 Å². The number of aliphatic hydroxyl groups excluding tert-OH is 1. The maximum atomic E-state index is 12.9. The first-order valence-electron chi connectivity index (χ1n) is 6.31. The van der Waals surface area contributed by atoms with E-state index >= 15 is 0 Å². The molecule has 0 saturated carbocycles. The van der Waals surface area contributed by atoms with E-state index < -0.39 is 30.6 Å². The Morgan fingerprint density at radius 3 is 2.50 bits per heavy atom. The Morgan fingerprint density at radius 2 is 2.00 bits per heavy atom. The topological polar surface area (TPSA) is 58.6 Å². The zero-order chi connectivity index (χ0) is 15.2. The molecule has 0 aliphatic heterocycles. The highest BCUT2D eigenvalue weighted by Gasteiger charge is 2.30. The minimum Gasteiger partial charge on any atom is -0.445 e. The predicted molar refractivity (Wildman–Crippen MR) is 70.5 cm³/mol. The third-order valence-corrected chi connectivity index (χ3v) is 2.68. The maximum Gasteiger partial charge on any atom is 0.407 e. The van der Waals surface area contributed by atoms with Crippen molar-refractivity contribution in [2.24, 2.45) is 0 Å².